The van der Waals surface area contributed by atoms with Gasteiger partial charge in [-0.2, -0.15) is 0 Å². The van der Waals surface area contributed by atoms with E-state index in [1.165, 1.54) is 10.1 Å². The molecule has 1 heterocycles. The fourth-order valence-corrected chi connectivity index (χ4v) is 2.21. The molecule has 80 valence electrons. The molecule has 0 saturated carbocycles. The summed E-state index contributed by atoms with van der Waals surface area (Å²) < 4.78 is 1.30. The smallest absolute Gasteiger partial charge is 0.0710 e. The van der Waals surface area contributed by atoms with Crippen molar-refractivity contribution >= 4 is 27.1 Å². The fourth-order valence-electron chi connectivity index (χ4n) is 1.44. The lowest BCUT2D eigenvalue weighted by Crippen LogP contribution is -2.27. The van der Waals surface area contributed by atoms with Crippen molar-refractivity contribution in [3.05, 3.63) is 29.6 Å². The second kappa shape index (κ2) is 4.21. The summed E-state index contributed by atoms with van der Waals surface area (Å²) in [4.78, 5) is 0. The largest absolute Gasteiger partial charge is 0.391 e. The predicted octanol–water partition coefficient (Wildman–Crippen LogP) is 3.08. The molecule has 0 saturated heterocycles. The minimum Gasteiger partial charge on any atom is -0.391 e. The van der Waals surface area contributed by atoms with Crippen LogP contribution < -0.4 is 5.32 Å². The van der Waals surface area contributed by atoms with Crippen LogP contribution in [-0.4, -0.2) is 17.3 Å². The van der Waals surface area contributed by atoms with Crippen molar-refractivity contribution in [3.63, 3.8) is 0 Å². The molecule has 0 bridgehead atoms. The van der Waals surface area contributed by atoms with Crippen molar-refractivity contribution in [3.8, 4) is 0 Å². The normalized spacial score (nSPS) is 15.1. The third-order valence-corrected chi connectivity index (χ3v) is 3.47. The first-order chi connectivity index (χ1) is 7.16. The third kappa shape index (κ3) is 2.30. The molecular formula is C12H15NOS. The molecule has 15 heavy (non-hydrogen) atoms. The number of rotatable bonds is 3. The molecule has 0 aliphatic heterocycles. The quantitative estimate of drug-likeness (QED) is 0.834. The molecule has 2 atom stereocenters. The Labute approximate surface area is 93.6 Å². The second-order valence-corrected chi connectivity index (χ2v) is 4.79. The molecule has 2 aromatic rings. The van der Waals surface area contributed by atoms with Gasteiger partial charge in [-0.05, 0) is 48.9 Å². The summed E-state index contributed by atoms with van der Waals surface area (Å²) in [6.07, 6.45) is -0.344. The zero-order valence-corrected chi connectivity index (χ0v) is 9.71. The Morgan fingerprint density at radius 2 is 2.07 bits per heavy atom. The van der Waals surface area contributed by atoms with Gasteiger partial charge in [-0.1, -0.05) is 0 Å². The van der Waals surface area contributed by atoms with Gasteiger partial charge >= 0.3 is 0 Å². The molecule has 0 amide bonds. The topological polar surface area (TPSA) is 32.3 Å². The van der Waals surface area contributed by atoms with E-state index in [4.69, 9.17) is 0 Å². The number of anilines is 1. The molecule has 2 N–H and O–H groups in total. The SMILES string of the molecule is CC(O)C(C)Nc1ccc2sccc2c1. The first-order valence-electron chi connectivity index (χ1n) is 5.08. The van der Waals surface area contributed by atoms with E-state index in [1.54, 1.807) is 18.3 Å². The van der Waals surface area contributed by atoms with Crippen LogP contribution >= 0.6 is 11.3 Å². The van der Waals surface area contributed by atoms with Gasteiger partial charge in [0.15, 0.2) is 0 Å². The summed E-state index contributed by atoms with van der Waals surface area (Å²) >= 11 is 1.74. The highest BCUT2D eigenvalue weighted by Gasteiger charge is 2.08. The second-order valence-electron chi connectivity index (χ2n) is 3.85. The van der Waals surface area contributed by atoms with Crippen molar-refractivity contribution in [2.45, 2.75) is 26.0 Å². The Morgan fingerprint density at radius 1 is 1.27 bits per heavy atom. The summed E-state index contributed by atoms with van der Waals surface area (Å²) in [6.45, 7) is 3.77. The number of aliphatic hydroxyl groups excluding tert-OH is 1. The number of hydrogen-bond acceptors (Lipinski definition) is 3. The highest BCUT2D eigenvalue weighted by Crippen LogP contribution is 2.24. The van der Waals surface area contributed by atoms with E-state index in [9.17, 15) is 5.11 Å². The predicted molar refractivity (Wildman–Crippen MR) is 66.6 cm³/mol. The van der Waals surface area contributed by atoms with Crippen molar-refractivity contribution in [2.24, 2.45) is 0 Å². The van der Waals surface area contributed by atoms with Crippen LogP contribution in [0.4, 0.5) is 5.69 Å². The summed E-state index contributed by atoms with van der Waals surface area (Å²) in [5.74, 6) is 0. The lowest BCUT2D eigenvalue weighted by molar-refractivity contribution is 0.178. The van der Waals surface area contributed by atoms with E-state index in [-0.39, 0.29) is 12.1 Å². The minimum atomic E-state index is -0.344. The monoisotopic (exact) mass is 221 g/mol. The highest BCUT2D eigenvalue weighted by molar-refractivity contribution is 7.17. The Bertz CT molecular complexity index is 450. The van der Waals surface area contributed by atoms with E-state index in [0.29, 0.717) is 0 Å². The van der Waals surface area contributed by atoms with Crippen LogP contribution in [0.5, 0.6) is 0 Å². The average Bonchev–Trinajstić information content (AvgIpc) is 2.64. The van der Waals surface area contributed by atoms with Gasteiger partial charge in [-0.15, -0.1) is 11.3 Å². The zero-order valence-electron chi connectivity index (χ0n) is 8.90. The molecule has 0 radical (unpaired) electrons. The van der Waals surface area contributed by atoms with Crippen LogP contribution in [0.2, 0.25) is 0 Å². The van der Waals surface area contributed by atoms with Crippen LogP contribution in [0.25, 0.3) is 10.1 Å². The number of aliphatic hydroxyl groups is 1. The van der Waals surface area contributed by atoms with Gasteiger partial charge in [0.1, 0.15) is 0 Å². The maximum atomic E-state index is 9.40. The average molecular weight is 221 g/mol. The van der Waals surface area contributed by atoms with Gasteiger partial charge in [0.2, 0.25) is 0 Å². The van der Waals surface area contributed by atoms with Crippen molar-refractivity contribution in [1.29, 1.82) is 0 Å². The number of nitrogens with one attached hydrogen (secondary N) is 1. The molecule has 0 aliphatic rings. The van der Waals surface area contributed by atoms with Gasteiger partial charge < -0.3 is 10.4 Å². The van der Waals surface area contributed by atoms with Crippen molar-refractivity contribution < 1.29 is 5.11 Å². The Hall–Kier alpha value is -1.06. The van der Waals surface area contributed by atoms with E-state index in [0.717, 1.165) is 5.69 Å². The Morgan fingerprint density at radius 3 is 2.80 bits per heavy atom. The van der Waals surface area contributed by atoms with E-state index >= 15 is 0 Å². The minimum absolute atomic E-state index is 0.0704. The molecule has 3 heteroatoms. The lowest BCUT2D eigenvalue weighted by Gasteiger charge is -2.17. The number of hydrogen-bond donors (Lipinski definition) is 2. The van der Waals surface area contributed by atoms with Gasteiger partial charge in [0.05, 0.1) is 6.10 Å². The van der Waals surface area contributed by atoms with Crippen LogP contribution in [0.1, 0.15) is 13.8 Å². The first kappa shape index (κ1) is 10.5. The first-order valence-corrected chi connectivity index (χ1v) is 5.96. The summed E-state index contributed by atoms with van der Waals surface area (Å²) in [6, 6.07) is 8.46. The van der Waals surface area contributed by atoms with Gasteiger partial charge in [-0.3, -0.25) is 0 Å². The van der Waals surface area contributed by atoms with E-state index in [2.05, 4.69) is 35.0 Å². The summed E-state index contributed by atoms with van der Waals surface area (Å²) in [5, 5.41) is 16.0. The molecular weight excluding hydrogens is 206 g/mol. The molecule has 0 fully saturated rings. The molecule has 2 nitrogen and oxygen atoms in total. The van der Waals surface area contributed by atoms with Gasteiger partial charge in [0.25, 0.3) is 0 Å². The number of thiophene rings is 1. The van der Waals surface area contributed by atoms with Crippen LogP contribution in [-0.2, 0) is 0 Å². The zero-order chi connectivity index (χ0) is 10.8. The maximum Gasteiger partial charge on any atom is 0.0710 e. The van der Waals surface area contributed by atoms with Crippen LogP contribution in [0.3, 0.4) is 0 Å². The third-order valence-electron chi connectivity index (χ3n) is 2.57. The number of benzene rings is 1. The summed E-state index contributed by atoms with van der Waals surface area (Å²) in [7, 11) is 0. The highest BCUT2D eigenvalue weighted by atomic mass is 32.1. The van der Waals surface area contributed by atoms with Crippen LogP contribution in [0.15, 0.2) is 29.6 Å². The molecule has 2 rings (SSSR count). The standard InChI is InChI=1S/C12H15NOS/c1-8(9(2)14)13-11-3-4-12-10(7-11)5-6-15-12/h3-9,13-14H,1-2H3. The molecule has 0 aliphatic carbocycles. The Balaban J connectivity index is 2.21. The van der Waals surface area contributed by atoms with E-state index < -0.39 is 0 Å². The molecule has 2 unspecified atom stereocenters. The number of fused-ring (bicyclic) bond motifs is 1. The van der Waals surface area contributed by atoms with E-state index in [1.807, 2.05) is 6.92 Å². The Kier molecular flexibility index (Phi) is 2.93. The maximum absolute atomic E-state index is 9.40. The molecule has 1 aromatic carbocycles. The van der Waals surface area contributed by atoms with Gasteiger partial charge in [-0.25, -0.2) is 0 Å². The van der Waals surface area contributed by atoms with Gasteiger partial charge in [0, 0.05) is 16.4 Å². The fraction of sp³-hybridized carbons (Fsp3) is 0.333. The molecule has 0 spiro atoms. The van der Waals surface area contributed by atoms with Crippen molar-refractivity contribution in [2.75, 3.05) is 5.32 Å². The van der Waals surface area contributed by atoms with Crippen molar-refractivity contribution in [1.82, 2.24) is 0 Å². The van der Waals surface area contributed by atoms with Crippen LogP contribution in [0, 0.1) is 0 Å². The summed E-state index contributed by atoms with van der Waals surface area (Å²) in [5.41, 5.74) is 1.06. The lowest BCUT2D eigenvalue weighted by atomic mass is 10.2. The molecule has 1 aromatic heterocycles.